The second kappa shape index (κ2) is 43.9. The molecule has 0 aromatic heterocycles. The quantitative estimate of drug-likeness (QED) is 0.00894. The Bertz CT molecular complexity index is 2960. The topological polar surface area (TPSA) is 624 Å². The molecule has 6 amide bonds. The third-order valence-electron chi connectivity index (χ3n) is 14.4. The maximum atomic E-state index is 16.2. The lowest BCUT2D eigenvalue weighted by molar-refractivity contribution is -0.136. The Morgan fingerprint density at radius 1 is 0.448 bits per heavy atom. The van der Waals surface area contributed by atoms with Gasteiger partial charge >= 0.3 is 0 Å². The van der Waals surface area contributed by atoms with E-state index in [-0.39, 0.29) is 176 Å². The Balaban J connectivity index is 3.11. The van der Waals surface area contributed by atoms with Gasteiger partial charge in [-0.15, -0.1) is 23.5 Å². The number of nitrogens with one attached hydrogen (secondary N) is 7. The van der Waals surface area contributed by atoms with Gasteiger partial charge in [-0.3, -0.25) is 73.1 Å². The molecule has 2 aliphatic heterocycles. The van der Waals surface area contributed by atoms with Gasteiger partial charge in [-0.05, 0) is 84.1 Å². The summed E-state index contributed by atoms with van der Waals surface area (Å²) in [7, 11) is 1.30. The first-order valence-corrected chi connectivity index (χ1v) is 32.7. The summed E-state index contributed by atoms with van der Waals surface area (Å²) in [5, 5.41) is 18.2. The van der Waals surface area contributed by atoms with Crippen LogP contribution in [0.25, 0.3) is 0 Å². The van der Waals surface area contributed by atoms with Crippen LogP contribution in [0.15, 0.2) is 39.7 Å². The third kappa shape index (κ3) is 31.5. The number of nitrogens with zero attached hydrogens (tertiary/aromatic N) is 6. The molecule has 0 saturated heterocycles. The predicted octanol–water partition coefficient (Wildman–Crippen LogP) is -4.73. The fraction of sp³-hybridized carbons (Fsp3) is 0.625. The number of carbonyl (C=O) groups is 9. The van der Waals surface area contributed by atoms with E-state index in [0.717, 1.165) is 0 Å². The van der Waals surface area contributed by atoms with Crippen molar-refractivity contribution in [3.8, 4) is 0 Å². The van der Waals surface area contributed by atoms with Gasteiger partial charge < -0.3 is 106 Å². The molecule has 0 fully saturated rings. The molecular formula is C56H95F4N25O9S2. The highest BCUT2D eigenvalue weighted by Crippen LogP contribution is 2.37. The number of rotatable bonds is 29. The summed E-state index contributed by atoms with van der Waals surface area (Å²) in [6.45, 7) is 2.05. The number of fused-ring (bicyclic) bond motifs is 27. The SMILES string of the molecule is CNC1CSc2c(F)c(F)c(c(F)c2F)SCC(C(=O)NCC(=O)C(C)C)CC(=O)C(CCCN=C(N)N)NC(=O)C(CCCN=C(N)N)NC(=O)C(CCCN=C(N)N)NC(=O)C(CCCN=C(N)N)NC(=O)C(CCCN=C(N)N)NC(=O)C(CCCN=C(N)N)CC1=O. The van der Waals surface area contributed by atoms with E-state index in [4.69, 9.17) is 68.8 Å². The van der Waals surface area contributed by atoms with Gasteiger partial charge in [0.05, 0.1) is 34.3 Å². The molecule has 96 heavy (non-hydrogen) atoms. The van der Waals surface area contributed by atoms with E-state index in [0.29, 0.717) is 0 Å². The van der Waals surface area contributed by atoms with Gasteiger partial charge in [-0.2, -0.15) is 0 Å². The first-order valence-electron chi connectivity index (χ1n) is 30.8. The zero-order chi connectivity index (χ0) is 72.2. The second-order valence-electron chi connectivity index (χ2n) is 22.4. The van der Waals surface area contributed by atoms with E-state index in [2.05, 4.69) is 67.2 Å². The van der Waals surface area contributed by atoms with Gasteiger partial charge in [-0.25, -0.2) is 17.6 Å². The molecule has 1 aromatic rings. The number of aliphatic imine (C=N–C) groups is 6. The molecule has 0 spiro atoms. The number of nitrogens with two attached hydrogens (primary N) is 12. The zero-order valence-corrected chi connectivity index (χ0v) is 55.7. The monoisotopic (exact) mass is 1400 g/mol. The number of likely N-dealkylation sites (N-methyl/N-ethyl adjacent to an activating group) is 1. The number of benzene rings is 1. The highest BCUT2D eigenvalue weighted by atomic mass is 32.2. The smallest absolute Gasteiger partial charge is 0.243 e. The highest BCUT2D eigenvalue weighted by molar-refractivity contribution is 7.99. The second-order valence-corrected chi connectivity index (χ2v) is 24.5. The highest BCUT2D eigenvalue weighted by Gasteiger charge is 2.37. The van der Waals surface area contributed by atoms with Crippen LogP contribution in [0, 0.1) is 41.0 Å². The Kier molecular flexibility index (Phi) is 38.0. The molecule has 2 heterocycles. The Morgan fingerprint density at radius 3 is 1.07 bits per heavy atom. The molecule has 0 radical (unpaired) electrons. The predicted molar refractivity (Wildman–Crippen MR) is 359 cm³/mol. The molecule has 2 aliphatic rings. The fourth-order valence-electron chi connectivity index (χ4n) is 9.21. The Hall–Kier alpha value is -8.95. The van der Waals surface area contributed by atoms with Crippen molar-refractivity contribution in [3.63, 3.8) is 0 Å². The van der Waals surface area contributed by atoms with Gasteiger partial charge in [0.25, 0.3) is 0 Å². The molecule has 34 nitrogen and oxygen atoms in total. The van der Waals surface area contributed by atoms with Crippen LogP contribution in [0.4, 0.5) is 17.6 Å². The number of halogens is 4. The molecule has 31 N–H and O–H groups in total. The molecule has 0 saturated carbocycles. The van der Waals surface area contributed by atoms with Crippen LogP contribution in [0.3, 0.4) is 0 Å². The summed E-state index contributed by atoms with van der Waals surface area (Å²) in [6, 6.07) is -9.19. The molecule has 1 aromatic carbocycles. The molecule has 40 heteroatoms. The summed E-state index contributed by atoms with van der Waals surface area (Å²) < 4.78 is 64.9. The average molecular weight is 1400 g/mol. The van der Waals surface area contributed by atoms with Crippen molar-refractivity contribution in [3.05, 3.63) is 23.3 Å². The maximum absolute atomic E-state index is 16.2. The van der Waals surface area contributed by atoms with E-state index in [1.165, 1.54) is 7.05 Å². The van der Waals surface area contributed by atoms with Crippen molar-refractivity contribution >= 4 is 112 Å². The summed E-state index contributed by atoms with van der Waals surface area (Å²) in [5.41, 5.74) is 66.8. The first kappa shape index (κ1) is 83.1. The van der Waals surface area contributed by atoms with Crippen LogP contribution >= 0.6 is 23.5 Å². The lowest BCUT2D eigenvalue weighted by Crippen LogP contribution is -2.59. The summed E-state index contributed by atoms with van der Waals surface area (Å²) in [5.74, 6) is -22.3. The van der Waals surface area contributed by atoms with E-state index in [1.807, 2.05) is 0 Å². The van der Waals surface area contributed by atoms with Gasteiger partial charge in [0, 0.05) is 75.5 Å². The molecule has 8 atom stereocenters. The van der Waals surface area contributed by atoms with E-state index in [1.54, 1.807) is 13.8 Å². The van der Waals surface area contributed by atoms with Gasteiger partial charge in [0.2, 0.25) is 35.4 Å². The first-order chi connectivity index (χ1) is 45.3. The van der Waals surface area contributed by atoms with Crippen LogP contribution in [-0.4, -0.2) is 189 Å². The van der Waals surface area contributed by atoms with E-state index in [9.17, 15) is 43.2 Å². The number of guanidine groups is 6. The standard InChI is InChI=1S/C56H95F4N25O9S2/c1-27(2)38(88)24-80-45(89)29-23-36(86)30(11-5-17-75-52(63)64)81-47(91)32(13-7-19-77-54(67)68)83-49(93)34(15-9-21-79-56(71)72)85-50(94)33(14-8-20-78-55(69)70)84-48(92)31(12-6-18-76-53(65)66)82-46(90)28(10-4-16-74-51(61)62)22-37(87)35(73-3)26-96-44-41(59)39(57)43(95-25-29)40(58)42(44)60/h27-35,73H,4-26H2,1-3H3,(H,80,89)(H,81,91)(H,82,90)(H,83,93)(H,84,92)(H,85,94)(H4,61,62,74)(H4,63,64,75)(H4,65,66,76)(H4,67,68,77)(H4,69,70,78)(H4,71,72,79). The van der Waals surface area contributed by atoms with E-state index >= 15 is 17.6 Å². The van der Waals surface area contributed by atoms with Crippen LogP contribution in [-0.2, 0) is 43.2 Å². The average Bonchev–Trinajstić information content (AvgIpc) is 0.794. The number of hydrogen-bond donors (Lipinski definition) is 19. The minimum atomic E-state index is -1.91. The lowest BCUT2D eigenvalue weighted by Gasteiger charge is -2.28. The number of amides is 6. The summed E-state index contributed by atoms with van der Waals surface area (Å²) in [6.07, 6.45) is -2.67. The van der Waals surface area contributed by atoms with E-state index < -0.39 is 171 Å². The number of thioether (sulfide) groups is 2. The van der Waals surface area contributed by atoms with Crippen molar-refractivity contribution in [2.24, 2.45) is 117 Å². The molecule has 538 valence electrons. The summed E-state index contributed by atoms with van der Waals surface area (Å²) >= 11 is 0.330. The molecule has 3 rings (SSSR count). The fourth-order valence-corrected chi connectivity index (χ4v) is 11.4. The largest absolute Gasteiger partial charge is 0.370 e. The van der Waals surface area contributed by atoms with Crippen LogP contribution in [0.2, 0.25) is 0 Å². The maximum Gasteiger partial charge on any atom is 0.243 e. The van der Waals surface area contributed by atoms with Crippen LogP contribution < -0.4 is 106 Å². The molecule has 0 aliphatic carbocycles. The molecular weight excluding hydrogens is 1310 g/mol. The van der Waals surface area contributed by atoms with Gasteiger partial charge in [0.1, 0.15) is 24.2 Å². The van der Waals surface area contributed by atoms with Gasteiger partial charge in [0.15, 0.2) is 76.4 Å². The Morgan fingerprint density at radius 2 is 0.750 bits per heavy atom. The number of ketones is 3. The van der Waals surface area contributed by atoms with Crippen molar-refractivity contribution in [2.45, 2.75) is 150 Å². The minimum absolute atomic E-state index is 0.00603. The number of hydrogen-bond acceptors (Lipinski definition) is 18. The minimum Gasteiger partial charge on any atom is -0.370 e. The Labute approximate surface area is 561 Å². The van der Waals surface area contributed by atoms with Crippen molar-refractivity contribution in [2.75, 3.05) is 64.4 Å². The van der Waals surface area contributed by atoms with Crippen molar-refractivity contribution in [1.29, 1.82) is 0 Å². The number of carbonyl (C=O) groups excluding carboxylic acids is 9. The van der Waals surface area contributed by atoms with Gasteiger partial charge in [-0.1, -0.05) is 13.8 Å². The normalized spacial score (nSPS) is 20.6. The van der Waals surface area contributed by atoms with Crippen molar-refractivity contribution < 1.29 is 60.7 Å². The third-order valence-corrected chi connectivity index (χ3v) is 16.8. The lowest BCUT2D eigenvalue weighted by atomic mass is 9.93. The van der Waals surface area contributed by atoms with Crippen LogP contribution in [0.5, 0.6) is 0 Å². The zero-order valence-electron chi connectivity index (χ0n) is 54.1. The molecule has 8 unspecified atom stereocenters. The van der Waals surface area contributed by atoms with Crippen LogP contribution in [0.1, 0.15) is 104 Å². The van der Waals surface area contributed by atoms with Crippen molar-refractivity contribution in [1.82, 2.24) is 37.2 Å². The molecule has 2 bridgehead atoms. The number of Topliss-reactive ketones (excluding diaryl/α,β-unsaturated/α-hetero) is 3. The summed E-state index contributed by atoms with van der Waals surface area (Å²) in [4.78, 5) is 150.